The van der Waals surface area contributed by atoms with Gasteiger partial charge in [-0.15, -0.1) is 0 Å². The second-order valence-electron chi connectivity index (χ2n) is 7.36. The molecule has 1 saturated carbocycles. The molecule has 1 aromatic carbocycles. The van der Waals surface area contributed by atoms with E-state index in [1.807, 2.05) is 43.8 Å². The van der Waals surface area contributed by atoms with Gasteiger partial charge in [0.2, 0.25) is 15.9 Å². The Morgan fingerprint density at radius 1 is 1.26 bits per heavy atom. The van der Waals surface area contributed by atoms with Crippen LogP contribution in [0.4, 0.5) is 5.69 Å². The van der Waals surface area contributed by atoms with Gasteiger partial charge in [-0.25, -0.2) is 8.42 Å². The van der Waals surface area contributed by atoms with Crippen molar-refractivity contribution in [3.63, 3.8) is 0 Å². The van der Waals surface area contributed by atoms with Crippen molar-refractivity contribution >= 4 is 33.4 Å². The Labute approximate surface area is 168 Å². The monoisotopic (exact) mass is 412 g/mol. The minimum Gasteiger partial charge on any atom is -0.355 e. The van der Waals surface area contributed by atoms with Crippen LogP contribution >= 0.6 is 11.8 Å². The summed E-state index contributed by atoms with van der Waals surface area (Å²) in [5.41, 5.74) is 2.63. The van der Waals surface area contributed by atoms with Crippen LogP contribution in [0.15, 0.2) is 18.2 Å². The molecule has 152 valence electrons. The Bertz CT molecular complexity index is 729. The van der Waals surface area contributed by atoms with Crippen molar-refractivity contribution in [1.82, 2.24) is 5.32 Å². The highest BCUT2D eigenvalue weighted by molar-refractivity contribution is 7.99. The first kappa shape index (κ1) is 22.1. The Hall–Kier alpha value is -1.21. The Morgan fingerprint density at radius 2 is 1.96 bits per heavy atom. The van der Waals surface area contributed by atoms with Crippen molar-refractivity contribution < 1.29 is 13.2 Å². The first-order valence-corrected chi connectivity index (χ1v) is 12.6. The number of carbonyl (C=O) groups is 1. The van der Waals surface area contributed by atoms with Crippen LogP contribution in [-0.2, 0) is 14.8 Å². The van der Waals surface area contributed by atoms with Crippen LogP contribution in [-0.4, -0.2) is 44.7 Å². The summed E-state index contributed by atoms with van der Waals surface area (Å²) in [5.74, 6) is 0.949. The van der Waals surface area contributed by atoms with Gasteiger partial charge in [-0.1, -0.05) is 25.0 Å². The summed E-state index contributed by atoms with van der Waals surface area (Å²) < 4.78 is 25.9. The van der Waals surface area contributed by atoms with Crippen molar-refractivity contribution in [2.75, 3.05) is 29.4 Å². The fraction of sp³-hybridized carbons (Fsp3) is 0.650. The highest BCUT2D eigenvalue weighted by Crippen LogP contribution is 2.29. The largest absolute Gasteiger partial charge is 0.355 e. The number of nitrogens with one attached hydrogen (secondary N) is 1. The van der Waals surface area contributed by atoms with E-state index < -0.39 is 10.0 Å². The highest BCUT2D eigenvalue weighted by Gasteiger charge is 2.19. The first-order valence-electron chi connectivity index (χ1n) is 9.70. The lowest BCUT2D eigenvalue weighted by Gasteiger charge is -2.24. The number of thioether (sulfide) groups is 1. The number of aryl methyl sites for hydroxylation is 2. The van der Waals surface area contributed by atoms with Crippen molar-refractivity contribution in [1.29, 1.82) is 0 Å². The Kier molecular flexibility index (Phi) is 8.48. The molecule has 7 heteroatoms. The standard InChI is InChI=1S/C20H32N2O3S2/c1-16-10-11-17(2)19(15-16)22(27(3,24)25)13-6-9-20(23)21-12-14-26-18-7-4-5-8-18/h10-11,15,18H,4-9,12-14H2,1-3H3,(H,21,23). The second kappa shape index (κ2) is 10.4. The number of amides is 1. The van der Waals surface area contributed by atoms with E-state index in [9.17, 15) is 13.2 Å². The van der Waals surface area contributed by atoms with Crippen LogP contribution < -0.4 is 9.62 Å². The molecule has 1 aromatic rings. The minimum atomic E-state index is -3.39. The maximum absolute atomic E-state index is 12.2. The molecule has 1 amide bonds. The molecule has 0 heterocycles. The van der Waals surface area contributed by atoms with Crippen LogP contribution in [0.1, 0.15) is 49.7 Å². The van der Waals surface area contributed by atoms with Gasteiger partial charge in [0.1, 0.15) is 0 Å². The third kappa shape index (κ3) is 7.37. The lowest BCUT2D eigenvalue weighted by Crippen LogP contribution is -2.33. The molecule has 1 aliphatic carbocycles. The zero-order chi connectivity index (χ0) is 19.9. The molecule has 0 atom stereocenters. The zero-order valence-corrected chi connectivity index (χ0v) is 18.3. The van der Waals surface area contributed by atoms with Crippen molar-refractivity contribution in [2.45, 2.75) is 57.6 Å². The van der Waals surface area contributed by atoms with Gasteiger partial charge in [-0.05, 0) is 50.3 Å². The number of hydrogen-bond acceptors (Lipinski definition) is 4. The van der Waals surface area contributed by atoms with Crippen molar-refractivity contribution in [2.24, 2.45) is 0 Å². The van der Waals surface area contributed by atoms with E-state index in [2.05, 4.69) is 5.32 Å². The predicted octanol–water partition coefficient (Wildman–Crippen LogP) is 3.64. The van der Waals surface area contributed by atoms with Gasteiger partial charge in [0.05, 0.1) is 11.9 Å². The summed E-state index contributed by atoms with van der Waals surface area (Å²) in [6.07, 6.45) is 7.33. The smallest absolute Gasteiger partial charge is 0.232 e. The van der Waals surface area contributed by atoms with E-state index >= 15 is 0 Å². The molecule has 5 nitrogen and oxygen atoms in total. The summed E-state index contributed by atoms with van der Waals surface area (Å²) in [4.78, 5) is 12.0. The summed E-state index contributed by atoms with van der Waals surface area (Å²) in [6.45, 7) is 4.85. The van der Waals surface area contributed by atoms with E-state index in [1.165, 1.54) is 36.2 Å². The molecular weight excluding hydrogens is 380 g/mol. The number of carbonyl (C=O) groups excluding carboxylic acids is 1. The fourth-order valence-electron chi connectivity index (χ4n) is 3.40. The Balaban J connectivity index is 1.78. The molecule has 0 aliphatic heterocycles. The van der Waals surface area contributed by atoms with Crippen LogP contribution in [0, 0.1) is 13.8 Å². The van der Waals surface area contributed by atoms with Gasteiger partial charge in [-0.3, -0.25) is 9.10 Å². The van der Waals surface area contributed by atoms with E-state index in [1.54, 1.807) is 0 Å². The molecule has 0 aromatic heterocycles. The summed E-state index contributed by atoms with van der Waals surface area (Å²) in [5, 5.41) is 3.72. The number of anilines is 1. The van der Waals surface area contributed by atoms with Crippen LogP contribution in [0.5, 0.6) is 0 Å². The second-order valence-corrected chi connectivity index (χ2v) is 10.7. The third-order valence-corrected chi connectivity index (χ3v) is 7.44. The maximum Gasteiger partial charge on any atom is 0.232 e. The highest BCUT2D eigenvalue weighted by atomic mass is 32.2. The van der Waals surface area contributed by atoms with Gasteiger partial charge in [-0.2, -0.15) is 11.8 Å². The van der Waals surface area contributed by atoms with Gasteiger partial charge in [0, 0.05) is 30.5 Å². The van der Waals surface area contributed by atoms with E-state index in [0.29, 0.717) is 31.6 Å². The van der Waals surface area contributed by atoms with E-state index in [0.717, 1.165) is 22.1 Å². The van der Waals surface area contributed by atoms with Crippen LogP contribution in [0.2, 0.25) is 0 Å². The van der Waals surface area contributed by atoms with Gasteiger partial charge >= 0.3 is 0 Å². The minimum absolute atomic E-state index is 0.00330. The molecule has 0 spiro atoms. The number of benzene rings is 1. The molecule has 0 unspecified atom stereocenters. The van der Waals surface area contributed by atoms with Crippen LogP contribution in [0.3, 0.4) is 0 Å². The van der Waals surface area contributed by atoms with Crippen LogP contribution in [0.25, 0.3) is 0 Å². The topological polar surface area (TPSA) is 66.5 Å². The van der Waals surface area contributed by atoms with Crippen molar-refractivity contribution in [3.8, 4) is 0 Å². The fourth-order valence-corrected chi connectivity index (χ4v) is 5.63. The lowest BCUT2D eigenvalue weighted by molar-refractivity contribution is -0.121. The summed E-state index contributed by atoms with van der Waals surface area (Å²) >= 11 is 1.96. The van der Waals surface area contributed by atoms with Gasteiger partial charge in [0.15, 0.2) is 0 Å². The van der Waals surface area contributed by atoms with Gasteiger partial charge < -0.3 is 5.32 Å². The number of rotatable bonds is 10. The molecule has 0 saturated heterocycles. The molecule has 1 N–H and O–H groups in total. The quantitative estimate of drug-likeness (QED) is 0.596. The molecule has 0 bridgehead atoms. The SMILES string of the molecule is Cc1ccc(C)c(N(CCCC(=O)NCCSC2CCCC2)S(C)(=O)=O)c1. The van der Waals surface area contributed by atoms with E-state index in [-0.39, 0.29) is 5.91 Å². The van der Waals surface area contributed by atoms with E-state index in [4.69, 9.17) is 0 Å². The lowest BCUT2D eigenvalue weighted by atomic mass is 10.1. The molecule has 2 rings (SSSR count). The normalized spacial score (nSPS) is 15.1. The van der Waals surface area contributed by atoms with Crippen molar-refractivity contribution in [3.05, 3.63) is 29.3 Å². The molecular formula is C20H32N2O3S2. The molecule has 27 heavy (non-hydrogen) atoms. The first-order chi connectivity index (χ1) is 12.8. The van der Waals surface area contributed by atoms with Gasteiger partial charge in [0.25, 0.3) is 0 Å². The molecule has 1 fully saturated rings. The molecule has 0 radical (unpaired) electrons. The number of nitrogens with zero attached hydrogens (tertiary/aromatic N) is 1. The molecule has 1 aliphatic rings. The average Bonchev–Trinajstić information content (AvgIpc) is 3.10. The third-order valence-electron chi connectivity index (χ3n) is 4.88. The number of sulfonamides is 1. The zero-order valence-electron chi connectivity index (χ0n) is 16.7. The number of hydrogen-bond donors (Lipinski definition) is 1. The Morgan fingerprint density at radius 3 is 2.63 bits per heavy atom. The predicted molar refractivity (Wildman–Crippen MR) is 115 cm³/mol. The summed E-state index contributed by atoms with van der Waals surface area (Å²) in [6, 6.07) is 5.78. The maximum atomic E-state index is 12.2. The summed E-state index contributed by atoms with van der Waals surface area (Å²) in [7, 11) is -3.39. The average molecular weight is 413 g/mol.